The van der Waals surface area contributed by atoms with E-state index in [0.29, 0.717) is 28.4 Å². The van der Waals surface area contributed by atoms with Crippen LogP contribution in [-0.2, 0) is 6.54 Å². The minimum Gasteiger partial charge on any atom is -0.398 e. The van der Waals surface area contributed by atoms with Crippen molar-refractivity contribution in [2.45, 2.75) is 27.3 Å². The molecule has 0 atom stereocenters. The summed E-state index contributed by atoms with van der Waals surface area (Å²) in [6.45, 7) is 6.13. The van der Waals surface area contributed by atoms with Crippen molar-refractivity contribution in [2.24, 2.45) is 0 Å². The first-order valence-corrected chi connectivity index (χ1v) is 6.81. The highest BCUT2D eigenvalue weighted by atomic mass is 35.5. The molecule has 0 heterocycles. The van der Waals surface area contributed by atoms with E-state index >= 15 is 0 Å². The monoisotopic (exact) mass is 292 g/mol. The minimum absolute atomic E-state index is 0.138. The molecule has 0 unspecified atom stereocenters. The lowest BCUT2D eigenvalue weighted by molar-refractivity contribution is 0.608. The summed E-state index contributed by atoms with van der Waals surface area (Å²) in [5.41, 5.74) is 10.6. The van der Waals surface area contributed by atoms with Gasteiger partial charge in [0.1, 0.15) is 5.82 Å². The van der Waals surface area contributed by atoms with Crippen LogP contribution in [0.4, 0.5) is 15.8 Å². The van der Waals surface area contributed by atoms with E-state index in [1.807, 2.05) is 31.2 Å². The molecule has 3 N–H and O–H groups in total. The Morgan fingerprint density at radius 3 is 2.25 bits per heavy atom. The van der Waals surface area contributed by atoms with Gasteiger partial charge in [-0.1, -0.05) is 23.7 Å². The zero-order valence-corrected chi connectivity index (χ0v) is 12.6. The van der Waals surface area contributed by atoms with Crippen molar-refractivity contribution < 1.29 is 4.39 Å². The largest absolute Gasteiger partial charge is 0.398 e. The molecule has 0 spiro atoms. The fourth-order valence-corrected chi connectivity index (χ4v) is 2.39. The second-order valence-corrected chi connectivity index (χ2v) is 5.49. The van der Waals surface area contributed by atoms with Crippen LogP contribution in [0.3, 0.4) is 0 Å². The van der Waals surface area contributed by atoms with E-state index in [0.717, 1.165) is 16.8 Å². The summed E-state index contributed by atoms with van der Waals surface area (Å²) in [7, 11) is 0. The van der Waals surface area contributed by atoms with E-state index in [1.54, 1.807) is 13.8 Å². The number of nitrogen functional groups attached to an aromatic ring is 1. The Kier molecular flexibility index (Phi) is 4.19. The Labute approximate surface area is 123 Å². The van der Waals surface area contributed by atoms with Gasteiger partial charge in [-0.05, 0) is 55.2 Å². The van der Waals surface area contributed by atoms with Crippen LogP contribution in [0.2, 0.25) is 5.02 Å². The summed E-state index contributed by atoms with van der Waals surface area (Å²) >= 11 is 6.02. The summed E-state index contributed by atoms with van der Waals surface area (Å²) < 4.78 is 13.6. The van der Waals surface area contributed by atoms with Gasteiger partial charge in [-0.25, -0.2) is 4.39 Å². The van der Waals surface area contributed by atoms with Gasteiger partial charge in [0.05, 0.1) is 10.7 Å². The van der Waals surface area contributed by atoms with Gasteiger partial charge in [-0.3, -0.25) is 0 Å². The second-order valence-electron chi connectivity index (χ2n) is 5.09. The highest BCUT2D eigenvalue weighted by molar-refractivity contribution is 6.33. The summed E-state index contributed by atoms with van der Waals surface area (Å²) in [5.74, 6) is -0.138. The number of benzene rings is 2. The van der Waals surface area contributed by atoms with Crippen LogP contribution in [0.15, 0.2) is 24.3 Å². The predicted molar refractivity (Wildman–Crippen MR) is 83.8 cm³/mol. The maximum absolute atomic E-state index is 13.6. The molecule has 0 aliphatic rings. The highest BCUT2D eigenvalue weighted by Crippen LogP contribution is 2.27. The zero-order valence-electron chi connectivity index (χ0n) is 11.8. The summed E-state index contributed by atoms with van der Waals surface area (Å²) in [6.07, 6.45) is 0. The summed E-state index contributed by atoms with van der Waals surface area (Å²) in [5, 5.41) is 3.84. The maximum Gasteiger partial charge on any atom is 0.129 e. The molecule has 2 aromatic carbocycles. The smallest absolute Gasteiger partial charge is 0.129 e. The Balaban J connectivity index is 2.19. The van der Waals surface area contributed by atoms with Crippen molar-refractivity contribution in [3.8, 4) is 0 Å². The van der Waals surface area contributed by atoms with Crippen molar-refractivity contribution in [1.82, 2.24) is 0 Å². The van der Waals surface area contributed by atoms with Gasteiger partial charge >= 0.3 is 0 Å². The van der Waals surface area contributed by atoms with Gasteiger partial charge in [-0.15, -0.1) is 0 Å². The van der Waals surface area contributed by atoms with Crippen molar-refractivity contribution in [3.63, 3.8) is 0 Å². The molecule has 0 fully saturated rings. The first-order chi connectivity index (χ1) is 9.38. The van der Waals surface area contributed by atoms with Crippen molar-refractivity contribution in [2.75, 3.05) is 11.1 Å². The average molecular weight is 293 g/mol. The van der Waals surface area contributed by atoms with E-state index in [1.165, 1.54) is 0 Å². The molecule has 0 aliphatic heterocycles. The maximum atomic E-state index is 13.6. The van der Waals surface area contributed by atoms with Crippen molar-refractivity contribution in [3.05, 3.63) is 57.4 Å². The number of anilines is 2. The third-order valence-corrected chi connectivity index (χ3v) is 3.65. The number of halogens is 2. The molecule has 20 heavy (non-hydrogen) atoms. The molecular weight excluding hydrogens is 275 g/mol. The lowest BCUT2D eigenvalue weighted by atomic mass is 10.1. The van der Waals surface area contributed by atoms with Gasteiger partial charge in [0.25, 0.3) is 0 Å². The molecule has 0 radical (unpaired) electrons. The molecule has 0 aromatic heterocycles. The van der Waals surface area contributed by atoms with Crippen LogP contribution in [0.5, 0.6) is 0 Å². The van der Waals surface area contributed by atoms with E-state index in [9.17, 15) is 4.39 Å². The number of nitrogens with two attached hydrogens (primary N) is 1. The summed E-state index contributed by atoms with van der Waals surface area (Å²) in [6, 6.07) is 7.36. The molecule has 106 valence electrons. The van der Waals surface area contributed by atoms with E-state index in [2.05, 4.69) is 5.32 Å². The number of aryl methyl sites for hydroxylation is 3. The standard InChI is InChI=1S/C16H18ClFN2/c1-9-6-14(19)13(17)7-15(9)20-8-12-4-10(2)16(18)11(3)5-12/h4-7,20H,8,19H2,1-3H3. The van der Waals surface area contributed by atoms with Crippen LogP contribution in [-0.4, -0.2) is 0 Å². The van der Waals surface area contributed by atoms with Crippen LogP contribution in [0, 0.1) is 26.6 Å². The van der Waals surface area contributed by atoms with E-state index < -0.39 is 0 Å². The van der Waals surface area contributed by atoms with Gasteiger partial charge in [0.2, 0.25) is 0 Å². The quantitative estimate of drug-likeness (QED) is 0.812. The normalized spacial score (nSPS) is 10.7. The molecule has 2 aromatic rings. The predicted octanol–water partition coefficient (Wildman–Crippen LogP) is 4.60. The molecular formula is C16H18ClFN2. The Hall–Kier alpha value is -1.74. The lowest BCUT2D eigenvalue weighted by Gasteiger charge is -2.13. The Morgan fingerprint density at radius 1 is 1.05 bits per heavy atom. The molecule has 0 aliphatic carbocycles. The van der Waals surface area contributed by atoms with Crippen LogP contribution in [0.25, 0.3) is 0 Å². The third-order valence-electron chi connectivity index (χ3n) is 3.32. The topological polar surface area (TPSA) is 38.0 Å². The number of rotatable bonds is 3. The molecule has 0 bridgehead atoms. The molecule has 0 amide bonds. The fourth-order valence-electron chi connectivity index (χ4n) is 2.23. The van der Waals surface area contributed by atoms with Gasteiger partial charge in [-0.2, -0.15) is 0 Å². The summed E-state index contributed by atoms with van der Waals surface area (Å²) in [4.78, 5) is 0. The van der Waals surface area contributed by atoms with E-state index in [-0.39, 0.29) is 5.82 Å². The second kappa shape index (κ2) is 5.71. The first kappa shape index (κ1) is 14.7. The lowest BCUT2D eigenvalue weighted by Crippen LogP contribution is -2.03. The Morgan fingerprint density at radius 2 is 1.65 bits per heavy atom. The van der Waals surface area contributed by atoms with E-state index in [4.69, 9.17) is 17.3 Å². The molecule has 2 nitrogen and oxygen atoms in total. The zero-order chi connectivity index (χ0) is 14.9. The number of hydrogen-bond donors (Lipinski definition) is 2. The number of hydrogen-bond acceptors (Lipinski definition) is 2. The average Bonchev–Trinajstić information content (AvgIpc) is 2.38. The minimum atomic E-state index is -0.138. The van der Waals surface area contributed by atoms with Gasteiger partial charge < -0.3 is 11.1 Å². The van der Waals surface area contributed by atoms with Crippen LogP contribution < -0.4 is 11.1 Å². The fraction of sp³-hybridized carbons (Fsp3) is 0.250. The first-order valence-electron chi connectivity index (χ1n) is 6.43. The van der Waals surface area contributed by atoms with Crippen molar-refractivity contribution in [1.29, 1.82) is 0 Å². The molecule has 0 saturated heterocycles. The third kappa shape index (κ3) is 3.05. The van der Waals surface area contributed by atoms with Crippen molar-refractivity contribution >= 4 is 23.0 Å². The molecule has 0 saturated carbocycles. The molecule has 4 heteroatoms. The van der Waals surface area contributed by atoms with Crippen LogP contribution in [0.1, 0.15) is 22.3 Å². The van der Waals surface area contributed by atoms with Gasteiger partial charge in [0, 0.05) is 12.2 Å². The Bertz CT molecular complexity index is 630. The number of nitrogens with one attached hydrogen (secondary N) is 1. The SMILES string of the molecule is Cc1cc(N)c(Cl)cc1NCc1cc(C)c(F)c(C)c1. The van der Waals surface area contributed by atoms with Gasteiger partial charge in [0.15, 0.2) is 0 Å². The molecule has 2 rings (SSSR count). The highest BCUT2D eigenvalue weighted by Gasteiger charge is 2.06. The van der Waals surface area contributed by atoms with Crippen LogP contribution >= 0.6 is 11.6 Å².